The predicted octanol–water partition coefficient (Wildman–Crippen LogP) is 0.981. The Kier molecular flexibility index (Phi) is 4.92. The molecule has 1 aliphatic heterocycles. The zero-order valence-electron chi connectivity index (χ0n) is 10.8. The number of carbonyl (C=O) groups excluding carboxylic acids is 1. The number of nitrogens with one attached hydrogen (secondary N) is 2. The van der Waals surface area contributed by atoms with E-state index >= 15 is 0 Å². The summed E-state index contributed by atoms with van der Waals surface area (Å²) in [6.45, 7) is 2.63. The Morgan fingerprint density at radius 3 is 2.63 bits per heavy atom. The van der Waals surface area contributed by atoms with Crippen LogP contribution in [0.15, 0.2) is 35.5 Å². The van der Waals surface area contributed by atoms with Gasteiger partial charge in [-0.2, -0.15) is 0 Å². The van der Waals surface area contributed by atoms with Gasteiger partial charge in [0.1, 0.15) is 0 Å². The Morgan fingerprint density at radius 2 is 2.00 bits per heavy atom. The van der Waals surface area contributed by atoms with Gasteiger partial charge in [-0.3, -0.25) is 4.79 Å². The second-order valence-corrected chi connectivity index (χ2v) is 4.72. The molecule has 0 radical (unpaired) electrons. The van der Waals surface area contributed by atoms with Crippen LogP contribution >= 0.6 is 0 Å². The van der Waals surface area contributed by atoms with Crippen LogP contribution in [-0.2, 0) is 4.79 Å². The lowest BCUT2D eigenvalue weighted by atomic mass is 9.98. The number of piperidine rings is 1. The molecular formula is C14H19N3O2. The lowest BCUT2D eigenvalue weighted by Crippen LogP contribution is -2.39. The smallest absolute Gasteiger partial charge is 0.273 e. The highest BCUT2D eigenvalue weighted by Crippen LogP contribution is 2.10. The molecule has 1 aromatic carbocycles. The molecule has 0 aliphatic carbocycles. The number of rotatable bonds is 4. The first-order valence-corrected chi connectivity index (χ1v) is 6.57. The van der Waals surface area contributed by atoms with E-state index in [0.717, 1.165) is 25.9 Å². The molecule has 1 amide bonds. The monoisotopic (exact) mass is 261 g/mol. The first-order valence-electron chi connectivity index (χ1n) is 6.57. The van der Waals surface area contributed by atoms with E-state index in [2.05, 4.69) is 15.8 Å². The van der Waals surface area contributed by atoms with Gasteiger partial charge in [0.25, 0.3) is 5.91 Å². The van der Waals surface area contributed by atoms with E-state index in [1.807, 2.05) is 6.07 Å². The third-order valence-electron chi connectivity index (χ3n) is 3.37. The molecule has 3 N–H and O–H groups in total. The molecule has 0 spiro atoms. The summed E-state index contributed by atoms with van der Waals surface area (Å²) < 4.78 is 0. The van der Waals surface area contributed by atoms with Crippen LogP contribution in [0, 0.1) is 5.92 Å². The van der Waals surface area contributed by atoms with E-state index in [4.69, 9.17) is 5.21 Å². The van der Waals surface area contributed by atoms with E-state index in [1.54, 1.807) is 24.3 Å². The molecule has 102 valence electrons. The van der Waals surface area contributed by atoms with Crippen molar-refractivity contribution in [2.45, 2.75) is 12.8 Å². The highest BCUT2D eigenvalue weighted by molar-refractivity contribution is 6.45. The average Bonchev–Trinajstić information content (AvgIpc) is 2.48. The zero-order valence-corrected chi connectivity index (χ0v) is 10.8. The van der Waals surface area contributed by atoms with E-state index in [0.29, 0.717) is 18.0 Å². The van der Waals surface area contributed by atoms with Crippen molar-refractivity contribution in [1.82, 2.24) is 10.6 Å². The lowest BCUT2D eigenvalue weighted by molar-refractivity contribution is -0.115. The summed E-state index contributed by atoms with van der Waals surface area (Å²) >= 11 is 0. The van der Waals surface area contributed by atoms with E-state index < -0.39 is 0 Å². The molecule has 0 bridgehead atoms. The molecule has 1 heterocycles. The minimum absolute atomic E-state index is 0.0644. The molecule has 0 saturated carbocycles. The summed E-state index contributed by atoms with van der Waals surface area (Å²) in [5.74, 6) is 0.174. The Bertz CT molecular complexity index is 439. The predicted molar refractivity (Wildman–Crippen MR) is 73.4 cm³/mol. The van der Waals surface area contributed by atoms with Crippen molar-refractivity contribution in [2.24, 2.45) is 11.1 Å². The largest absolute Gasteiger partial charge is 0.410 e. The normalized spacial score (nSPS) is 17.2. The number of hydrogen-bond acceptors (Lipinski definition) is 4. The quantitative estimate of drug-likeness (QED) is 0.430. The molecule has 0 atom stereocenters. The third kappa shape index (κ3) is 3.79. The van der Waals surface area contributed by atoms with Crippen molar-refractivity contribution in [2.75, 3.05) is 19.6 Å². The molecule has 0 aromatic heterocycles. The molecule has 5 nitrogen and oxygen atoms in total. The SMILES string of the molecule is O=C(NCC1CCNCC1)/C(=N/O)c1ccccc1. The van der Waals surface area contributed by atoms with Crippen molar-refractivity contribution in [3.05, 3.63) is 35.9 Å². The standard InChI is InChI=1S/C14H19N3O2/c18-14(16-10-11-6-8-15-9-7-11)13(17-19)12-4-2-1-3-5-12/h1-5,11,15,19H,6-10H2,(H,16,18)/b17-13+. The number of amides is 1. The summed E-state index contributed by atoms with van der Waals surface area (Å²) in [7, 11) is 0. The van der Waals surface area contributed by atoms with Crippen LogP contribution in [0.4, 0.5) is 0 Å². The van der Waals surface area contributed by atoms with Crippen molar-refractivity contribution >= 4 is 11.6 Å². The van der Waals surface area contributed by atoms with Crippen LogP contribution in [0.2, 0.25) is 0 Å². The fourth-order valence-corrected chi connectivity index (χ4v) is 2.24. The van der Waals surface area contributed by atoms with Gasteiger partial charge in [0.2, 0.25) is 0 Å². The van der Waals surface area contributed by atoms with Gasteiger partial charge in [-0.15, -0.1) is 0 Å². The van der Waals surface area contributed by atoms with Gasteiger partial charge in [0, 0.05) is 12.1 Å². The van der Waals surface area contributed by atoms with Crippen molar-refractivity contribution in [3.63, 3.8) is 0 Å². The third-order valence-corrected chi connectivity index (χ3v) is 3.37. The topological polar surface area (TPSA) is 73.7 Å². The summed E-state index contributed by atoms with van der Waals surface area (Å²) in [6, 6.07) is 8.96. The Morgan fingerprint density at radius 1 is 1.32 bits per heavy atom. The molecule has 5 heteroatoms. The van der Waals surface area contributed by atoms with Crippen LogP contribution in [0.3, 0.4) is 0 Å². The number of nitrogens with zero attached hydrogens (tertiary/aromatic N) is 1. The molecule has 0 unspecified atom stereocenters. The fourth-order valence-electron chi connectivity index (χ4n) is 2.24. The summed E-state index contributed by atoms with van der Waals surface area (Å²) in [6.07, 6.45) is 2.13. The molecule has 2 rings (SSSR count). The van der Waals surface area contributed by atoms with Crippen molar-refractivity contribution in [3.8, 4) is 0 Å². The van der Waals surface area contributed by atoms with Crippen LogP contribution in [0.5, 0.6) is 0 Å². The van der Waals surface area contributed by atoms with E-state index in [1.165, 1.54) is 0 Å². The van der Waals surface area contributed by atoms with Crippen molar-refractivity contribution < 1.29 is 10.0 Å². The second-order valence-electron chi connectivity index (χ2n) is 4.72. The Hall–Kier alpha value is -1.88. The molecule has 1 saturated heterocycles. The van der Waals surface area contributed by atoms with Crippen LogP contribution < -0.4 is 10.6 Å². The van der Waals surface area contributed by atoms with Gasteiger partial charge in [0.15, 0.2) is 5.71 Å². The van der Waals surface area contributed by atoms with Gasteiger partial charge in [-0.1, -0.05) is 35.5 Å². The lowest BCUT2D eigenvalue weighted by Gasteiger charge is -2.22. The minimum atomic E-state index is -0.327. The molecule has 19 heavy (non-hydrogen) atoms. The Balaban J connectivity index is 1.91. The van der Waals surface area contributed by atoms with Gasteiger partial charge < -0.3 is 15.8 Å². The van der Waals surface area contributed by atoms with Crippen molar-refractivity contribution in [1.29, 1.82) is 0 Å². The number of carbonyl (C=O) groups is 1. The number of oxime groups is 1. The minimum Gasteiger partial charge on any atom is -0.410 e. The Labute approximate surface area is 112 Å². The second kappa shape index (κ2) is 6.89. The molecule has 1 aromatic rings. The maximum atomic E-state index is 12.0. The maximum absolute atomic E-state index is 12.0. The molecule has 1 aliphatic rings. The van der Waals surface area contributed by atoms with E-state index in [9.17, 15) is 4.79 Å². The number of benzene rings is 1. The summed E-state index contributed by atoms with van der Waals surface area (Å²) in [5.41, 5.74) is 0.683. The first kappa shape index (κ1) is 13.5. The van der Waals surface area contributed by atoms with Gasteiger partial charge >= 0.3 is 0 Å². The highest BCUT2D eigenvalue weighted by atomic mass is 16.4. The highest BCUT2D eigenvalue weighted by Gasteiger charge is 2.17. The average molecular weight is 261 g/mol. The fraction of sp³-hybridized carbons (Fsp3) is 0.429. The summed E-state index contributed by atoms with van der Waals surface area (Å²) in [5, 5.41) is 18.2. The van der Waals surface area contributed by atoms with Crippen LogP contribution in [-0.4, -0.2) is 36.5 Å². The maximum Gasteiger partial charge on any atom is 0.273 e. The van der Waals surface area contributed by atoms with Gasteiger partial charge in [-0.25, -0.2) is 0 Å². The van der Waals surface area contributed by atoms with Gasteiger partial charge in [-0.05, 0) is 31.8 Å². The molecular weight excluding hydrogens is 242 g/mol. The zero-order chi connectivity index (χ0) is 13.5. The number of hydrogen-bond donors (Lipinski definition) is 3. The van der Waals surface area contributed by atoms with E-state index in [-0.39, 0.29) is 11.6 Å². The molecule has 1 fully saturated rings. The summed E-state index contributed by atoms with van der Waals surface area (Å²) in [4.78, 5) is 12.0. The van der Waals surface area contributed by atoms with Crippen LogP contribution in [0.25, 0.3) is 0 Å². The van der Waals surface area contributed by atoms with Gasteiger partial charge in [0.05, 0.1) is 0 Å². The van der Waals surface area contributed by atoms with Crippen LogP contribution in [0.1, 0.15) is 18.4 Å². The first-order chi connectivity index (χ1) is 9.31.